The predicted molar refractivity (Wildman–Crippen MR) is 112 cm³/mol. The number of sulfonamides is 1. The number of rotatable bonds is 7. The number of thioether (sulfide) groups is 1. The molecule has 1 saturated heterocycles. The Bertz CT molecular complexity index is 1060. The fourth-order valence-electron chi connectivity index (χ4n) is 2.53. The second kappa shape index (κ2) is 8.91. The van der Waals surface area contributed by atoms with Crippen LogP contribution in [0.15, 0.2) is 51.6 Å². The number of primary sulfonamides is 1. The highest BCUT2D eigenvalue weighted by Crippen LogP contribution is 2.32. The average molecular weight is 452 g/mol. The van der Waals surface area contributed by atoms with Gasteiger partial charge in [-0.1, -0.05) is 18.2 Å². The molecule has 0 unspecified atom stereocenters. The molecule has 1 aliphatic rings. The molecule has 0 bridgehead atoms. The van der Waals surface area contributed by atoms with Gasteiger partial charge in [-0.15, -0.1) is 11.3 Å². The van der Waals surface area contributed by atoms with Crippen molar-refractivity contribution in [1.29, 1.82) is 0 Å². The second-order valence-corrected chi connectivity index (χ2v) is 9.61. The van der Waals surface area contributed by atoms with E-state index >= 15 is 0 Å². The van der Waals surface area contributed by atoms with Crippen molar-refractivity contribution in [3.05, 3.63) is 57.1 Å². The summed E-state index contributed by atoms with van der Waals surface area (Å²) in [5.41, 5.74) is 0.808. The van der Waals surface area contributed by atoms with Crippen molar-refractivity contribution in [2.45, 2.75) is 11.3 Å². The number of nitrogens with one attached hydrogen (secondary N) is 1. The highest BCUT2D eigenvalue weighted by Gasteiger charge is 2.36. The molecule has 152 valence electrons. The molecule has 0 atom stereocenters. The number of benzene rings is 1. The lowest BCUT2D eigenvalue weighted by Crippen LogP contribution is -2.40. The van der Waals surface area contributed by atoms with E-state index in [-0.39, 0.29) is 18.0 Å². The summed E-state index contributed by atoms with van der Waals surface area (Å²) in [6.07, 6.45) is 2.09. The zero-order valence-electron chi connectivity index (χ0n) is 15.0. The SMILES string of the molecule is NS(=O)(=O)c1ccc(CCNC(=O)CN2C(=O)S/C(=C\c3cccs3)C2=O)cc1. The van der Waals surface area contributed by atoms with Crippen molar-refractivity contribution >= 4 is 56.3 Å². The lowest BCUT2D eigenvalue weighted by atomic mass is 10.1. The van der Waals surface area contributed by atoms with Crippen molar-refractivity contribution in [3.63, 3.8) is 0 Å². The Morgan fingerprint density at radius 3 is 2.52 bits per heavy atom. The molecule has 29 heavy (non-hydrogen) atoms. The van der Waals surface area contributed by atoms with E-state index in [0.29, 0.717) is 11.3 Å². The van der Waals surface area contributed by atoms with Gasteiger partial charge in [-0.2, -0.15) is 0 Å². The van der Waals surface area contributed by atoms with Gasteiger partial charge in [0.25, 0.3) is 11.1 Å². The van der Waals surface area contributed by atoms with E-state index in [1.54, 1.807) is 18.2 Å². The molecule has 11 heteroatoms. The quantitative estimate of drug-likeness (QED) is 0.618. The Hall–Kier alpha value is -2.47. The van der Waals surface area contributed by atoms with Gasteiger partial charge < -0.3 is 5.32 Å². The van der Waals surface area contributed by atoms with E-state index in [0.717, 1.165) is 27.1 Å². The number of hydrogen-bond acceptors (Lipinski definition) is 7. The molecule has 2 heterocycles. The lowest BCUT2D eigenvalue weighted by molar-refractivity contribution is -0.129. The van der Waals surface area contributed by atoms with Gasteiger partial charge in [-0.05, 0) is 53.4 Å². The van der Waals surface area contributed by atoms with Gasteiger partial charge in [0, 0.05) is 11.4 Å². The smallest absolute Gasteiger partial charge is 0.294 e. The fourth-order valence-corrected chi connectivity index (χ4v) is 4.61. The van der Waals surface area contributed by atoms with E-state index in [2.05, 4.69) is 5.32 Å². The summed E-state index contributed by atoms with van der Waals surface area (Å²) >= 11 is 2.26. The van der Waals surface area contributed by atoms with E-state index in [1.807, 2.05) is 17.5 Å². The Morgan fingerprint density at radius 2 is 1.90 bits per heavy atom. The number of carbonyl (C=O) groups is 3. The molecule has 2 aromatic rings. The topological polar surface area (TPSA) is 127 Å². The summed E-state index contributed by atoms with van der Waals surface area (Å²) in [7, 11) is -3.74. The van der Waals surface area contributed by atoms with E-state index in [1.165, 1.54) is 23.5 Å². The summed E-state index contributed by atoms with van der Waals surface area (Å²) in [6.45, 7) is -0.0778. The number of imide groups is 1. The number of nitrogens with two attached hydrogens (primary N) is 1. The van der Waals surface area contributed by atoms with Crippen molar-refractivity contribution in [2.24, 2.45) is 5.14 Å². The van der Waals surface area contributed by atoms with Gasteiger partial charge in [0.15, 0.2) is 0 Å². The number of thiophene rings is 1. The van der Waals surface area contributed by atoms with Gasteiger partial charge in [-0.3, -0.25) is 19.3 Å². The molecule has 1 aromatic heterocycles. The molecule has 8 nitrogen and oxygen atoms in total. The van der Waals surface area contributed by atoms with Gasteiger partial charge in [0.1, 0.15) is 6.54 Å². The highest BCUT2D eigenvalue weighted by atomic mass is 32.2. The molecule has 3 amide bonds. The average Bonchev–Trinajstić information content (AvgIpc) is 3.26. The molecule has 0 spiro atoms. The molecule has 3 rings (SSSR count). The molecule has 1 aromatic carbocycles. The number of carbonyl (C=O) groups excluding carboxylic acids is 3. The van der Waals surface area contributed by atoms with Gasteiger partial charge >= 0.3 is 0 Å². The monoisotopic (exact) mass is 451 g/mol. The predicted octanol–water partition coefficient (Wildman–Crippen LogP) is 1.79. The minimum atomic E-state index is -3.74. The summed E-state index contributed by atoms with van der Waals surface area (Å²) in [4.78, 5) is 38.6. The van der Waals surface area contributed by atoms with Crippen LogP contribution in [0.4, 0.5) is 4.79 Å². The van der Waals surface area contributed by atoms with Crippen molar-refractivity contribution in [1.82, 2.24) is 10.2 Å². The van der Waals surface area contributed by atoms with Gasteiger partial charge in [0.05, 0.1) is 9.80 Å². The van der Waals surface area contributed by atoms with E-state index in [9.17, 15) is 22.8 Å². The fraction of sp³-hybridized carbons (Fsp3) is 0.167. The van der Waals surface area contributed by atoms with Crippen molar-refractivity contribution in [2.75, 3.05) is 13.1 Å². The van der Waals surface area contributed by atoms with Crippen LogP contribution in [-0.2, 0) is 26.0 Å². The van der Waals surface area contributed by atoms with Crippen molar-refractivity contribution < 1.29 is 22.8 Å². The third-order valence-corrected chi connectivity index (χ3v) is 6.64. The van der Waals surface area contributed by atoms with Crippen LogP contribution in [0.25, 0.3) is 6.08 Å². The maximum Gasteiger partial charge on any atom is 0.294 e. The first-order valence-electron chi connectivity index (χ1n) is 8.41. The van der Waals surface area contributed by atoms with Crippen LogP contribution in [-0.4, -0.2) is 43.5 Å². The first-order chi connectivity index (χ1) is 13.7. The minimum absolute atomic E-state index is 0.0141. The van der Waals surface area contributed by atoms with Crippen LogP contribution in [0, 0.1) is 0 Å². The standard InChI is InChI=1S/C18H17N3O5S3/c19-29(25,26)14-5-3-12(4-6-14)7-8-20-16(22)11-21-17(23)15(28-18(21)24)10-13-2-1-9-27-13/h1-6,9-10H,7-8,11H2,(H,20,22)(H2,19,25,26)/b15-10-. The zero-order chi connectivity index (χ0) is 21.0. The number of nitrogens with zero attached hydrogens (tertiary/aromatic N) is 1. The first kappa shape index (κ1) is 21.2. The van der Waals surface area contributed by atoms with Crippen LogP contribution in [0.2, 0.25) is 0 Å². The van der Waals surface area contributed by atoms with Crippen LogP contribution in [0.3, 0.4) is 0 Å². The van der Waals surface area contributed by atoms with Crippen LogP contribution in [0.1, 0.15) is 10.4 Å². The maximum atomic E-state index is 12.4. The zero-order valence-corrected chi connectivity index (χ0v) is 17.5. The molecule has 1 fully saturated rings. The normalized spacial score (nSPS) is 15.9. The van der Waals surface area contributed by atoms with Gasteiger partial charge in [-0.25, -0.2) is 13.6 Å². The summed E-state index contributed by atoms with van der Waals surface area (Å²) in [5, 5.41) is 9.08. The summed E-state index contributed by atoms with van der Waals surface area (Å²) < 4.78 is 22.5. The minimum Gasteiger partial charge on any atom is -0.354 e. The molecule has 3 N–H and O–H groups in total. The second-order valence-electron chi connectivity index (χ2n) is 6.07. The largest absolute Gasteiger partial charge is 0.354 e. The Morgan fingerprint density at radius 1 is 1.17 bits per heavy atom. The molecular weight excluding hydrogens is 434 g/mol. The maximum absolute atomic E-state index is 12.4. The van der Waals surface area contributed by atoms with Gasteiger partial charge in [0.2, 0.25) is 15.9 Å². The first-order valence-corrected chi connectivity index (χ1v) is 11.7. The Balaban J connectivity index is 1.50. The molecule has 0 aliphatic carbocycles. The Labute approximate surface area is 175 Å². The number of amides is 3. The van der Waals surface area contributed by atoms with Crippen LogP contribution < -0.4 is 10.5 Å². The summed E-state index contributed by atoms with van der Waals surface area (Å²) in [6, 6.07) is 9.69. The molecule has 1 aliphatic heterocycles. The van der Waals surface area contributed by atoms with E-state index in [4.69, 9.17) is 5.14 Å². The van der Waals surface area contributed by atoms with Crippen LogP contribution in [0.5, 0.6) is 0 Å². The van der Waals surface area contributed by atoms with Crippen molar-refractivity contribution in [3.8, 4) is 0 Å². The Kier molecular flexibility index (Phi) is 6.52. The van der Waals surface area contributed by atoms with Crippen LogP contribution >= 0.6 is 23.1 Å². The molecule has 0 saturated carbocycles. The molecular formula is C18H17N3O5S3. The summed E-state index contributed by atoms with van der Waals surface area (Å²) in [5.74, 6) is -0.937. The number of hydrogen-bond donors (Lipinski definition) is 2. The lowest BCUT2D eigenvalue weighted by Gasteiger charge is -2.12. The third-order valence-electron chi connectivity index (χ3n) is 3.98. The van der Waals surface area contributed by atoms with E-state index < -0.39 is 27.1 Å². The highest BCUT2D eigenvalue weighted by molar-refractivity contribution is 8.18. The molecule has 0 radical (unpaired) electrons. The third kappa shape index (κ3) is 5.54.